The number of rotatable bonds is 5. The van der Waals surface area contributed by atoms with Crippen LogP contribution in [0.1, 0.15) is 6.42 Å². The van der Waals surface area contributed by atoms with Crippen LogP contribution >= 0.6 is 11.6 Å². The highest BCUT2D eigenvalue weighted by molar-refractivity contribution is 6.31. The van der Waals surface area contributed by atoms with Crippen molar-refractivity contribution in [1.82, 2.24) is 14.9 Å². The zero-order valence-electron chi connectivity index (χ0n) is 13.7. The highest BCUT2D eigenvalue weighted by atomic mass is 35.5. The molecular weight excluding hydrogens is 345 g/mol. The summed E-state index contributed by atoms with van der Waals surface area (Å²) in [5.41, 5.74) is 0.502. The molecule has 1 aromatic carbocycles. The van der Waals surface area contributed by atoms with Gasteiger partial charge in [0.1, 0.15) is 5.82 Å². The first-order chi connectivity index (χ1) is 12.1. The Balaban J connectivity index is 1.42. The molecule has 0 spiro atoms. The maximum atomic E-state index is 13.1. The highest BCUT2D eigenvalue weighted by Gasteiger charge is 2.19. The van der Waals surface area contributed by atoms with Crippen molar-refractivity contribution in [2.75, 3.05) is 42.9 Å². The summed E-state index contributed by atoms with van der Waals surface area (Å²) in [5, 5.41) is 2.73. The minimum atomic E-state index is -0.500. The van der Waals surface area contributed by atoms with Crippen LogP contribution in [0.2, 0.25) is 5.02 Å². The maximum Gasteiger partial charge on any atom is 0.225 e. The first kappa shape index (κ1) is 17.6. The van der Waals surface area contributed by atoms with Crippen LogP contribution in [-0.2, 0) is 4.79 Å². The van der Waals surface area contributed by atoms with Crippen molar-refractivity contribution in [3.63, 3.8) is 0 Å². The summed E-state index contributed by atoms with van der Waals surface area (Å²) >= 11 is 5.71. The average molecular weight is 364 g/mol. The van der Waals surface area contributed by atoms with E-state index in [4.69, 9.17) is 11.6 Å². The van der Waals surface area contributed by atoms with E-state index in [2.05, 4.69) is 25.1 Å². The molecule has 0 unspecified atom stereocenters. The monoisotopic (exact) mass is 363 g/mol. The Bertz CT molecular complexity index is 722. The zero-order chi connectivity index (χ0) is 17.6. The first-order valence-electron chi connectivity index (χ1n) is 8.11. The predicted octanol–water partition coefficient (Wildman–Crippen LogP) is 2.42. The van der Waals surface area contributed by atoms with Gasteiger partial charge in [0, 0.05) is 57.2 Å². The molecule has 25 heavy (non-hydrogen) atoms. The topological polar surface area (TPSA) is 61.4 Å². The molecule has 0 radical (unpaired) electrons. The molecule has 0 atom stereocenters. The molecule has 1 fully saturated rings. The quantitative estimate of drug-likeness (QED) is 0.884. The maximum absolute atomic E-state index is 13.1. The highest BCUT2D eigenvalue weighted by Crippen LogP contribution is 2.19. The Labute approximate surface area is 150 Å². The molecule has 1 N–H and O–H groups in total. The van der Waals surface area contributed by atoms with Crippen LogP contribution in [0.15, 0.2) is 36.7 Å². The number of nitrogens with zero attached hydrogens (tertiary/aromatic N) is 4. The van der Waals surface area contributed by atoms with Crippen LogP contribution in [0, 0.1) is 5.82 Å². The molecule has 132 valence electrons. The molecule has 1 aromatic heterocycles. The van der Waals surface area contributed by atoms with Gasteiger partial charge in [-0.15, -0.1) is 0 Å². The lowest BCUT2D eigenvalue weighted by Crippen LogP contribution is -2.47. The molecule has 1 aliphatic heterocycles. The van der Waals surface area contributed by atoms with E-state index in [0.717, 1.165) is 32.1 Å². The Morgan fingerprint density at radius 3 is 2.60 bits per heavy atom. The second-order valence-corrected chi connectivity index (χ2v) is 6.21. The van der Waals surface area contributed by atoms with Crippen LogP contribution < -0.4 is 10.2 Å². The lowest BCUT2D eigenvalue weighted by molar-refractivity contribution is -0.116. The van der Waals surface area contributed by atoms with Crippen molar-refractivity contribution in [2.45, 2.75) is 6.42 Å². The van der Waals surface area contributed by atoms with Gasteiger partial charge in [0.05, 0.1) is 5.02 Å². The van der Waals surface area contributed by atoms with Gasteiger partial charge >= 0.3 is 0 Å². The smallest absolute Gasteiger partial charge is 0.225 e. The number of carbonyl (C=O) groups is 1. The molecule has 2 heterocycles. The molecule has 1 amide bonds. The zero-order valence-corrected chi connectivity index (χ0v) is 14.4. The largest absolute Gasteiger partial charge is 0.338 e. The van der Waals surface area contributed by atoms with Gasteiger partial charge in [-0.2, -0.15) is 0 Å². The third-order valence-corrected chi connectivity index (χ3v) is 4.36. The molecule has 3 rings (SSSR count). The van der Waals surface area contributed by atoms with E-state index in [0.29, 0.717) is 18.7 Å². The Morgan fingerprint density at radius 2 is 1.92 bits per heavy atom. The predicted molar refractivity (Wildman–Crippen MR) is 95.3 cm³/mol. The molecular formula is C17H19ClFN5O. The van der Waals surface area contributed by atoms with Crippen LogP contribution in [0.3, 0.4) is 0 Å². The summed E-state index contributed by atoms with van der Waals surface area (Å²) in [6.07, 6.45) is 3.85. The lowest BCUT2D eigenvalue weighted by atomic mass is 10.2. The average Bonchev–Trinajstić information content (AvgIpc) is 2.64. The summed E-state index contributed by atoms with van der Waals surface area (Å²) in [7, 11) is 0. The van der Waals surface area contributed by atoms with Gasteiger partial charge < -0.3 is 10.2 Å². The van der Waals surface area contributed by atoms with Crippen molar-refractivity contribution in [3.8, 4) is 0 Å². The number of anilines is 2. The summed E-state index contributed by atoms with van der Waals surface area (Å²) in [6, 6.07) is 5.95. The number of aromatic nitrogens is 2. The Hall–Kier alpha value is -2.25. The summed E-state index contributed by atoms with van der Waals surface area (Å²) < 4.78 is 13.1. The minimum absolute atomic E-state index is 0.00273. The molecule has 0 aliphatic carbocycles. The van der Waals surface area contributed by atoms with Crippen molar-refractivity contribution in [1.29, 1.82) is 0 Å². The van der Waals surface area contributed by atoms with Gasteiger partial charge in [-0.1, -0.05) is 11.6 Å². The number of halogens is 2. The van der Waals surface area contributed by atoms with Crippen LogP contribution in [0.4, 0.5) is 16.0 Å². The van der Waals surface area contributed by atoms with Gasteiger partial charge in [-0.05, 0) is 24.3 Å². The van der Waals surface area contributed by atoms with Crippen LogP contribution in [0.25, 0.3) is 0 Å². The molecule has 8 heteroatoms. The third kappa shape index (κ3) is 4.87. The number of hydrogen-bond donors (Lipinski definition) is 1. The Morgan fingerprint density at radius 1 is 1.20 bits per heavy atom. The third-order valence-electron chi connectivity index (χ3n) is 4.07. The number of benzene rings is 1. The van der Waals surface area contributed by atoms with E-state index in [1.165, 1.54) is 18.2 Å². The van der Waals surface area contributed by atoms with E-state index >= 15 is 0 Å². The van der Waals surface area contributed by atoms with Crippen LogP contribution in [-0.4, -0.2) is 53.5 Å². The summed E-state index contributed by atoms with van der Waals surface area (Å²) in [4.78, 5) is 24.9. The number of amides is 1. The van der Waals surface area contributed by atoms with Gasteiger partial charge in [-0.25, -0.2) is 14.4 Å². The van der Waals surface area contributed by atoms with Gasteiger partial charge in [-0.3, -0.25) is 9.69 Å². The number of nitrogens with one attached hydrogen (secondary N) is 1. The summed E-state index contributed by atoms with van der Waals surface area (Å²) in [6.45, 7) is 4.05. The van der Waals surface area contributed by atoms with Crippen molar-refractivity contribution >= 4 is 29.1 Å². The van der Waals surface area contributed by atoms with E-state index in [1.807, 2.05) is 0 Å². The second kappa shape index (κ2) is 8.22. The fourth-order valence-electron chi connectivity index (χ4n) is 2.68. The molecule has 0 saturated carbocycles. The lowest BCUT2D eigenvalue weighted by Gasteiger charge is -2.34. The van der Waals surface area contributed by atoms with Crippen molar-refractivity contribution < 1.29 is 9.18 Å². The minimum Gasteiger partial charge on any atom is -0.338 e. The number of piperazine rings is 1. The molecule has 6 nitrogen and oxygen atoms in total. The molecule has 2 aromatic rings. The van der Waals surface area contributed by atoms with Gasteiger partial charge in [0.2, 0.25) is 11.9 Å². The SMILES string of the molecule is O=C(CCN1CCN(c2ncccn2)CC1)Nc1ccc(F)c(Cl)c1. The molecule has 1 aliphatic rings. The van der Waals surface area contributed by atoms with Gasteiger partial charge in [0.15, 0.2) is 0 Å². The van der Waals surface area contributed by atoms with E-state index in [-0.39, 0.29) is 10.9 Å². The van der Waals surface area contributed by atoms with Crippen molar-refractivity contribution in [2.24, 2.45) is 0 Å². The van der Waals surface area contributed by atoms with Crippen molar-refractivity contribution in [3.05, 3.63) is 47.5 Å². The number of hydrogen-bond acceptors (Lipinski definition) is 5. The molecule has 0 bridgehead atoms. The van der Waals surface area contributed by atoms with E-state index < -0.39 is 5.82 Å². The van der Waals surface area contributed by atoms with E-state index in [1.54, 1.807) is 18.5 Å². The Kier molecular flexibility index (Phi) is 5.78. The fourth-order valence-corrected chi connectivity index (χ4v) is 2.86. The second-order valence-electron chi connectivity index (χ2n) is 5.80. The fraction of sp³-hybridized carbons (Fsp3) is 0.353. The standard InChI is InChI=1S/C17H19ClFN5O/c18-14-12-13(2-3-15(14)19)22-16(25)4-7-23-8-10-24(11-9-23)17-20-5-1-6-21-17/h1-3,5-6,12H,4,7-11H2,(H,22,25). The normalized spacial score (nSPS) is 15.2. The van der Waals surface area contributed by atoms with Gasteiger partial charge in [0.25, 0.3) is 0 Å². The first-order valence-corrected chi connectivity index (χ1v) is 8.49. The van der Waals surface area contributed by atoms with E-state index in [9.17, 15) is 9.18 Å². The number of carbonyl (C=O) groups excluding carboxylic acids is 1. The van der Waals surface area contributed by atoms with Crippen LogP contribution in [0.5, 0.6) is 0 Å². The summed E-state index contributed by atoms with van der Waals surface area (Å²) in [5.74, 6) is 0.129. The molecule has 1 saturated heterocycles.